The van der Waals surface area contributed by atoms with E-state index in [1.54, 1.807) is 18.2 Å². The summed E-state index contributed by atoms with van der Waals surface area (Å²) >= 11 is 0. The van der Waals surface area contributed by atoms with Crippen LogP contribution in [-0.2, 0) is 6.42 Å². The molecule has 0 radical (unpaired) electrons. The van der Waals surface area contributed by atoms with Gasteiger partial charge in [-0.05, 0) is 41.5 Å². The lowest BCUT2D eigenvalue weighted by Gasteiger charge is -2.14. The minimum Gasteiger partial charge on any atom is -0.493 e. The average Bonchev–Trinajstić information content (AvgIpc) is 2.50. The third kappa shape index (κ3) is 3.49. The van der Waals surface area contributed by atoms with E-state index in [0.29, 0.717) is 17.1 Å². The molecular formula is C16H16F2O3. The Kier molecular flexibility index (Phi) is 4.75. The van der Waals surface area contributed by atoms with Crippen molar-refractivity contribution in [2.24, 2.45) is 0 Å². The highest BCUT2D eigenvalue weighted by molar-refractivity contribution is 5.43. The Morgan fingerprint density at radius 2 is 1.71 bits per heavy atom. The van der Waals surface area contributed by atoms with E-state index in [0.717, 1.165) is 18.2 Å². The van der Waals surface area contributed by atoms with Gasteiger partial charge in [-0.15, -0.1) is 0 Å². The molecule has 0 saturated heterocycles. The van der Waals surface area contributed by atoms with Gasteiger partial charge >= 0.3 is 0 Å². The van der Waals surface area contributed by atoms with E-state index in [9.17, 15) is 13.9 Å². The van der Waals surface area contributed by atoms with Crippen molar-refractivity contribution in [2.75, 3.05) is 14.2 Å². The fraction of sp³-hybridized carbons (Fsp3) is 0.250. The van der Waals surface area contributed by atoms with Crippen LogP contribution in [0, 0.1) is 11.6 Å². The number of hydrogen-bond donors (Lipinski definition) is 1. The summed E-state index contributed by atoms with van der Waals surface area (Å²) in [6.07, 6.45) is -1.000. The minimum absolute atomic E-state index is 0.0287. The Balaban J connectivity index is 2.24. The van der Waals surface area contributed by atoms with Crippen LogP contribution in [0.25, 0.3) is 0 Å². The third-order valence-electron chi connectivity index (χ3n) is 3.21. The van der Waals surface area contributed by atoms with Gasteiger partial charge in [-0.1, -0.05) is 6.07 Å². The van der Waals surface area contributed by atoms with Gasteiger partial charge in [-0.2, -0.15) is 0 Å². The molecule has 5 heteroatoms. The van der Waals surface area contributed by atoms with Crippen molar-refractivity contribution in [2.45, 2.75) is 12.5 Å². The lowest BCUT2D eigenvalue weighted by molar-refractivity contribution is 0.176. The normalized spacial score (nSPS) is 12.0. The molecule has 0 spiro atoms. The molecule has 0 aromatic heterocycles. The van der Waals surface area contributed by atoms with Crippen molar-refractivity contribution in [3.63, 3.8) is 0 Å². The number of methoxy groups -OCH3 is 2. The average molecular weight is 294 g/mol. The molecule has 1 unspecified atom stereocenters. The number of aliphatic hydroxyl groups is 1. The van der Waals surface area contributed by atoms with Crippen LogP contribution in [0.1, 0.15) is 17.2 Å². The van der Waals surface area contributed by atoms with E-state index in [1.807, 2.05) is 0 Å². The van der Waals surface area contributed by atoms with Gasteiger partial charge in [0.1, 0.15) is 11.6 Å². The van der Waals surface area contributed by atoms with Crippen LogP contribution in [0.2, 0.25) is 0 Å². The maximum absolute atomic E-state index is 13.6. The first kappa shape index (κ1) is 15.3. The molecule has 21 heavy (non-hydrogen) atoms. The predicted octanol–water partition coefficient (Wildman–Crippen LogP) is 3.26. The van der Waals surface area contributed by atoms with Crippen molar-refractivity contribution in [1.82, 2.24) is 0 Å². The summed E-state index contributed by atoms with van der Waals surface area (Å²) in [7, 11) is 3.00. The molecule has 0 aliphatic heterocycles. The Labute approximate surface area is 121 Å². The number of aliphatic hydroxyl groups excluding tert-OH is 1. The lowest BCUT2D eigenvalue weighted by Crippen LogP contribution is -2.05. The zero-order valence-electron chi connectivity index (χ0n) is 11.8. The van der Waals surface area contributed by atoms with Crippen molar-refractivity contribution in [3.05, 3.63) is 59.2 Å². The van der Waals surface area contributed by atoms with Gasteiger partial charge in [0.15, 0.2) is 11.5 Å². The maximum Gasteiger partial charge on any atom is 0.161 e. The van der Waals surface area contributed by atoms with Crippen LogP contribution in [0.4, 0.5) is 8.78 Å². The van der Waals surface area contributed by atoms with Gasteiger partial charge in [0, 0.05) is 6.42 Å². The topological polar surface area (TPSA) is 38.7 Å². The molecule has 0 amide bonds. The second kappa shape index (κ2) is 6.54. The standard InChI is InChI=1S/C16H16F2O3/c1-20-15-6-3-10(9-16(15)21-2)14(19)8-11-7-12(17)4-5-13(11)18/h3-7,9,14,19H,8H2,1-2H3. The summed E-state index contributed by atoms with van der Waals surface area (Å²) in [5.41, 5.74) is 0.661. The van der Waals surface area contributed by atoms with E-state index in [-0.39, 0.29) is 12.0 Å². The molecule has 0 heterocycles. The first-order valence-corrected chi connectivity index (χ1v) is 6.39. The lowest BCUT2D eigenvalue weighted by atomic mass is 10.0. The molecule has 0 saturated carbocycles. The number of halogens is 2. The molecule has 112 valence electrons. The second-order valence-electron chi connectivity index (χ2n) is 4.57. The van der Waals surface area contributed by atoms with Crippen LogP contribution in [0.5, 0.6) is 11.5 Å². The zero-order chi connectivity index (χ0) is 15.4. The summed E-state index contributed by atoms with van der Waals surface area (Å²) in [4.78, 5) is 0. The molecule has 0 bridgehead atoms. The summed E-state index contributed by atoms with van der Waals surface area (Å²) in [6, 6.07) is 8.09. The number of benzene rings is 2. The fourth-order valence-electron chi connectivity index (χ4n) is 2.09. The van der Waals surface area contributed by atoms with Crippen molar-refractivity contribution in [3.8, 4) is 11.5 Å². The highest BCUT2D eigenvalue weighted by Gasteiger charge is 2.15. The van der Waals surface area contributed by atoms with E-state index in [2.05, 4.69) is 0 Å². The predicted molar refractivity (Wildman–Crippen MR) is 74.6 cm³/mol. The zero-order valence-corrected chi connectivity index (χ0v) is 11.8. The van der Waals surface area contributed by atoms with E-state index < -0.39 is 17.7 Å². The maximum atomic E-state index is 13.6. The van der Waals surface area contributed by atoms with Gasteiger partial charge in [0.25, 0.3) is 0 Å². The molecule has 0 fully saturated rings. The number of rotatable bonds is 5. The van der Waals surface area contributed by atoms with E-state index in [4.69, 9.17) is 9.47 Å². The molecule has 2 rings (SSSR count). The van der Waals surface area contributed by atoms with Gasteiger partial charge in [0.05, 0.1) is 20.3 Å². The molecule has 2 aromatic rings. The fourth-order valence-corrected chi connectivity index (χ4v) is 2.09. The molecule has 0 aliphatic carbocycles. The highest BCUT2D eigenvalue weighted by Crippen LogP contribution is 2.31. The third-order valence-corrected chi connectivity index (χ3v) is 3.21. The number of ether oxygens (including phenoxy) is 2. The molecule has 0 aliphatic rings. The van der Waals surface area contributed by atoms with Gasteiger partial charge in [0.2, 0.25) is 0 Å². The van der Waals surface area contributed by atoms with Gasteiger partial charge < -0.3 is 14.6 Å². The van der Waals surface area contributed by atoms with E-state index in [1.165, 1.54) is 14.2 Å². The SMILES string of the molecule is COc1ccc(C(O)Cc2cc(F)ccc2F)cc1OC. The summed E-state index contributed by atoms with van der Waals surface area (Å²) in [5.74, 6) is -0.0824. The van der Waals surface area contributed by atoms with Crippen LogP contribution < -0.4 is 9.47 Å². The van der Waals surface area contributed by atoms with E-state index >= 15 is 0 Å². The van der Waals surface area contributed by atoms with Crippen molar-refractivity contribution in [1.29, 1.82) is 0 Å². The van der Waals surface area contributed by atoms with Crippen LogP contribution in [0.15, 0.2) is 36.4 Å². The Morgan fingerprint density at radius 1 is 1.00 bits per heavy atom. The highest BCUT2D eigenvalue weighted by atomic mass is 19.1. The summed E-state index contributed by atoms with van der Waals surface area (Å²) < 4.78 is 37.0. The van der Waals surface area contributed by atoms with Crippen molar-refractivity contribution < 1.29 is 23.4 Å². The monoisotopic (exact) mass is 294 g/mol. The first-order valence-electron chi connectivity index (χ1n) is 6.39. The molecule has 2 aromatic carbocycles. The molecular weight excluding hydrogens is 278 g/mol. The smallest absolute Gasteiger partial charge is 0.161 e. The molecule has 3 nitrogen and oxygen atoms in total. The second-order valence-corrected chi connectivity index (χ2v) is 4.57. The van der Waals surface area contributed by atoms with Crippen LogP contribution >= 0.6 is 0 Å². The first-order chi connectivity index (χ1) is 10.0. The Bertz CT molecular complexity index is 629. The minimum atomic E-state index is -0.971. The number of hydrogen-bond acceptors (Lipinski definition) is 3. The molecule has 1 N–H and O–H groups in total. The van der Waals surface area contributed by atoms with Gasteiger partial charge in [-0.25, -0.2) is 8.78 Å². The van der Waals surface area contributed by atoms with Crippen molar-refractivity contribution >= 4 is 0 Å². The molecule has 1 atom stereocenters. The van der Waals surface area contributed by atoms with Crippen LogP contribution in [0.3, 0.4) is 0 Å². The summed E-state index contributed by atoms with van der Waals surface area (Å²) in [5, 5.41) is 10.2. The van der Waals surface area contributed by atoms with Crippen LogP contribution in [-0.4, -0.2) is 19.3 Å². The summed E-state index contributed by atoms with van der Waals surface area (Å²) in [6.45, 7) is 0. The Morgan fingerprint density at radius 3 is 2.38 bits per heavy atom. The largest absolute Gasteiger partial charge is 0.493 e. The Hall–Kier alpha value is -2.14. The van der Waals surface area contributed by atoms with Gasteiger partial charge in [-0.3, -0.25) is 0 Å². The quantitative estimate of drug-likeness (QED) is 0.920.